The Morgan fingerprint density at radius 1 is 1.38 bits per heavy atom. The number of carbonyl (C=O) groups excluding carboxylic acids is 1. The van der Waals surface area contributed by atoms with Crippen LogP contribution in [0.1, 0.15) is 24.2 Å². The number of carbonyl (C=O) groups is 1. The van der Waals surface area contributed by atoms with Gasteiger partial charge >= 0.3 is 11.9 Å². The van der Waals surface area contributed by atoms with Crippen molar-refractivity contribution < 1.29 is 22.9 Å². The van der Waals surface area contributed by atoms with Crippen molar-refractivity contribution in [2.24, 2.45) is 0 Å². The highest BCUT2D eigenvalue weighted by Gasteiger charge is 2.34. The standard InChI is InChI=1S/C14H17F3N6O3/c1-10-7-12(14(15,16)17)20-22(10)5-2-4-18-13(24)3-6-21-9-11(8-19-21)23(25)26/h7-9H,2-6H2,1H3,(H,18,24). The third-order valence-corrected chi connectivity index (χ3v) is 3.54. The molecule has 0 aliphatic heterocycles. The first-order valence-electron chi connectivity index (χ1n) is 7.72. The van der Waals surface area contributed by atoms with Crippen molar-refractivity contribution in [2.45, 2.75) is 39.0 Å². The van der Waals surface area contributed by atoms with Crippen molar-refractivity contribution in [3.63, 3.8) is 0 Å². The highest BCUT2D eigenvalue weighted by molar-refractivity contribution is 5.75. The van der Waals surface area contributed by atoms with Crippen LogP contribution < -0.4 is 5.32 Å². The second-order valence-corrected chi connectivity index (χ2v) is 5.56. The fourth-order valence-corrected chi connectivity index (χ4v) is 2.21. The molecule has 0 bridgehead atoms. The number of nitro groups is 1. The lowest BCUT2D eigenvalue weighted by Crippen LogP contribution is -2.26. The van der Waals surface area contributed by atoms with E-state index in [2.05, 4.69) is 15.5 Å². The lowest BCUT2D eigenvalue weighted by atomic mass is 10.3. The molecule has 0 aliphatic rings. The van der Waals surface area contributed by atoms with Gasteiger partial charge in [0.25, 0.3) is 0 Å². The molecule has 0 saturated carbocycles. The topological polar surface area (TPSA) is 108 Å². The SMILES string of the molecule is Cc1cc(C(F)(F)F)nn1CCCNC(=O)CCn1cc([N+](=O)[O-])cn1. The zero-order valence-corrected chi connectivity index (χ0v) is 13.9. The summed E-state index contributed by atoms with van der Waals surface area (Å²) in [5, 5.41) is 20.4. The van der Waals surface area contributed by atoms with Gasteiger partial charge in [0.2, 0.25) is 5.91 Å². The number of alkyl halides is 3. The number of nitrogens with zero attached hydrogens (tertiary/aromatic N) is 5. The summed E-state index contributed by atoms with van der Waals surface area (Å²) in [6.07, 6.45) is -1.66. The number of rotatable bonds is 8. The number of amides is 1. The highest BCUT2D eigenvalue weighted by atomic mass is 19.4. The molecule has 0 fully saturated rings. The average molecular weight is 374 g/mol. The number of hydrogen-bond donors (Lipinski definition) is 1. The summed E-state index contributed by atoms with van der Waals surface area (Å²) >= 11 is 0. The third-order valence-electron chi connectivity index (χ3n) is 3.54. The van der Waals surface area contributed by atoms with Crippen LogP contribution in [0.5, 0.6) is 0 Å². The van der Waals surface area contributed by atoms with Gasteiger partial charge in [0.1, 0.15) is 12.4 Å². The molecule has 2 aromatic rings. The van der Waals surface area contributed by atoms with Crippen LogP contribution in [0.2, 0.25) is 0 Å². The van der Waals surface area contributed by atoms with E-state index in [-0.39, 0.29) is 37.6 Å². The minimum Gasteiger partial charge on any atom is -0.356 e. The molecule has 26 heavy (non-hydrogen) atoms. The molecular formula is C14H17F3N6O3. The quantitative estimate of drug-likeness (QED) is 0.431. The van der Waals surface area contributed by atoms with E-state index >= 15 is 0 Å². The molecule has 0 aromatic carbocycles. The maximum atomic E-state index is 12.6. The van der Waals surface area contributed by atoms with Gasteiger partial charge in [0.15, 0.2) is 5.69 Å². The van der Waals surface area contributed by atoms with Crippen molar-refractivity contribution in [3.05, 3.63) is 40.0 Å². The Morgan fingerprint density at radius 2 is 2.12 bits per heavy atom. The van der Waals surface area contributed by atoms with Crippen molar-refractivity contribution in [2.75, 3.05) is 6.54 Å². The van der Waals surface area contributed by atoms with Crippen LogP contribution in [0.3, 0.4) is 0 Å². The van der Waals surface area contributed by atoms with Crippen LogP contribution >= 0.6 is 0 Å². The molecule has 1 N–H and O–H groups in total. The van der Waals surface area contributed by atoms with Gasteiger partial charge in [-0.05, 0) is 19.4 Å². The Balaban J connectivity index is 1.70. The predicted molar refractivity (Wildman–Crippen MR) is 83.1 cm³/mol. The Labute approximate surface area is 145 Å². The molecule has 0 radical (unpaired) electrons. The van der Waals surface area contributed by atoms with Crippen molar-refractivity contribution >= 4 is 11.6 Å². The number of aromatic nitrogens is 4. The molecule has 0 aliphatic carbocycles. The molecule has 0 unspecified atom stereocenters. The lowest BCUT2D eigenvalue weighted by molar-refractivity contribution is -0.385. The monoisotopic (exact) mass is 374 g/mol. The predicted octanol–water partition coefficient (Wildman–Crippen LogP) is 1.91. The van der Waals surface area contributed by atoms with Crippen molar-refractivity contribution in [1.29, 1.82) is 0 Å². The lowest BCUT2D eigenvalue weighted by Gasteiger charge is -2.07. The smallest absolute Gasteiger partial charge is 0.356 e. The van der Waals surface area contributed by atoms with Gasteiger partial charge in [-0.25, -0.2) is 0 Å². The van der Waals surface area contributed by atoms with Gasteiger partial charge in [0, 0.05) is 31.7 Å². The van der Waals surface area contributed by atoms with E-state index in [1.165, 1.54) is 22.5 Å². The number of nitrogens with one attached hydrogen (secondary N) is 1. The summed E-state index contributed by atoms with van der Waals surface area (Å²) in [6.45, 7) is 2.24. The average Bonchev–Trinajstić information content (AvgIpc) is 3.16. The van der Waals surface area contributed by atoms with Gasteiger partial charge in [-0.2, -0.15) is 23.4 Å². The molecule has 2 rings (SSSR count). The molecule has 0 spiro atoms. The van der Waals surface area contributed by atoms with E-state index in [9.17, 15) is 28.1 Å². The van der Waals surface area contributed by atoms with E-state index in [1.807, 2.05) is 0 Å². The van der Waals surface area contributed by atoms with E-state index in [4.69, 9.17) is 0 Å². The van der Waals surface area contributed by atoms with Gasteiger partial charge in [-0.3, -0.25) is 24.3 Å². The van der Waals surface area contributed by atoms with Crippen LogP contribution in [0.25, 0.3) is 0 Å². The largest absolute Gasteiger partial charge is 0.435 e. The molecule has 1 amide bonds. The summed E-state index contributed by atoms with van der Waals surface area (Å²) in [5.74, 6) is -0.281. The molecule has 9 nitrogen and oxygen atoms in total. The maximum Gasteiger partial charge on any atom is 0.435 e. The molecule has 2 heterocycles. The molecule has 142 valence electrons. The molecule has 2 aromatic heterocycles. The summed E-state index contributed by atoms with van der Waals surface area (Å²) in [4.78, 5) is 21.7. The van der Waals surface area contributed by atoms with Gasteiger partial charge in [0.05, 0.1) is 4.92 Å². The fraction of sp³-hybridized carbons (Fsp3) is 0.500. The first kappa shape index (κ1) is 19.4. The molecular weight excluding hydrogens is 357 g/mol. The Morgan fingerprint density at radius 3 is 2.69 bits per heavy atom. The van der Waals surface area contributed by atoms with Crippen LogP contribution in [0, 0.1) is 17.0 Å². The second-order valence-electron chi connectivity index (χ2n) is 5.56. The number of hydrogen-bond acceptors (Lipinski definition) is 5. The van der Waals surface area contributed by atoms with Crippen LogP contribution in [-0.2, 0) is 24.1 Å². The number of halogens is 3. The third kappa shape index (κ3) is 5.29. The van der Waals surface area contributed by atoms with E-state index in [0.717, 1.165) is 12.3 Å². The first-order valence-corrected chi connectivity index (χ1v) is 7.72. The summed E-state index contributed by atoms with van der Waals surface area (Å²) in [5.41, 5.74) is -0.700. The van der Waals surface area contributed by atoms with E-state index < -0.39 is 16.8 Å². The van der Waals surface area contributed by atoms with Gasteiger partial charge < -0.3 is 5.32 Å². The zero-order chi connectivity index (χ0) is 19.3. The summed E-state index contributed by atoms with van der Waals surface area (Å²) in [6, 6.07) is 0.974. The van der Waals surface area contributed by atoms with E-state index in [0.29, 0.717) is 12.1 Å². The minimum absolute atomic E-state index is 0.0812. The summed E-state index contributed by atoms with van der Waals surface area (Å²) in [7, 11) is 0. The first-order chi connectivity index (χ1) is 12.2. The van der Waals surface area contributed by atoms with Gasteiger partial charge in [-0.15, -0.1) is 0 Å². The van der Waals surface area contributed by atoms with E-state index in [1.54, 1.807) is 0 Å². The zero-order valence-electron chi connectivity index (χ0n) is 13.9. The maximum absolute atomic E-state index is 12.6. The Bertz CT molecular complexity index is 783. The van der Waals surface area contributed by atoms with Crippen LogP contribution in [0.15, 0.2) is 18.5 Å². The highest BCUT2D eigenvalue weighted by Crippen LogP contribution is 2.28. The van der Waals surface area contributed by atoms with Crippen molar-refractivity contribution in [3.8, 4) is 0 Å². The molecule has 0 atom stereocenters. The fourth-order valence-electron chi connectivity index (χ4n) is 2.21. The molecule has 12 heteroatoms. The van der Waals surface area contributed by atoms with Gasteiger partial charge in [-0.1, -0.05) is 0 Å². The second kappa shape index (κ2) is 7.97. The number of aryl methyl sites for hydroxylation is 3. The minimum atomic E-state index is -4.48. The van der Waals surface area contributed by atoms with Crippen molar-refractivity contribution in [1.82, 2.24) is 24.9 Å². The Hall–Kier alpha value is -2.92. The molecule has 0 saturated heterocycles. The van der Waals surface area contributed by atoms with Crippen LogP contribution in [0.4, 0.5) is 18.9 Å². The van der Waals surface area contributed by atoms with Crippen LogP contribution in [-0.4, -0.2) is 36.9 Å². The summed E-state index contributed by atoms with van der Waals surface area (Å²) < 4.78 is 40.2. The normalized spacial score (nSPS) is 11.5. The Kier molecular flexibility index (Phi) is 5.95.